The summed E-state index contributed by atoms with van der Waals surface area (Å²) in [6.07, 6.45) is 6.08. The maximum Gasteiger partial charge on any atom is 0.244 e. The molecule has 1 aliphatic carbocycles. The van der Waals surface area contributed by atoms with E-state index in [1.54, 1.807) is 0 Å². The first-order chi connectivity index (χ1) is 9.99. The van der Waals surface area contributed by atoms with Crippen LogP contribution in [0.1, 0.15) is 25.7 Å². The van der Waals surface area contributed by atoms with Crippen LogP contribution < -0.4 is 5.32 Å². The smallest absolute Gasteiger partial charge is 0.244 e. The van der Waals surface area contributed by atoms with Crippen molar-refractivity contribution in [3.8, 4) is 0 Å². The van der Waals surface area contributed by atoms with E-state index < -0.39 is 11.3 Å². The van der Waals surface area contributed by atoms with Crippen molar-refractivity contribution < 1.29 is 19.4 Å². The minimum absolute atomic E-state index is 0.0592. The van der Waals surface area contributed by atoms with E-state index in [0.29, 0.717) is 45.4 Å². The lowest BCUT2D eigenvalue weighted by atomic mass is 9.79. The predicted molar refractivity (Wildman–Crippen MR) is 78.8 cm³/mol. The van der Waals surface area contributed by atoms with Crippen molar-refractivity contribution in [3.05, 3.63) is 12.2 Å². The van der Waals surface area contributed by atoms with E-state index in [9.17, 15) is 9.90 Å². The van der Waals surface area contributed by atoms with E-state index in [-0.39, 0.29) is 12.5 Å². The molecule has 0 atom stereocenters. The number of likely N-dealkylation sites (N-methyl/N-ethyl adjacent to an activating group) is 1. The Kier molecular flexibility index (Phi) is 5.37. The molecule has 21 heavy (non-hydrogen) atoms. The van der Waals surface area contributed by atoms with Gasteiger partial charge in [0.15, 0.2) is 5.79 Å². The third-order valence-electron chi connectivity index (χ3n) is 4.21. The van der Waals surface area contributed by atoms with Crippen LogP contribution in [-0.2, 0) is 14.3 Å². The van der Waals surface area contributed by atoms with Gasteiger partial charge in [-0.3, -0.25) is 4.79 Å². The lowest BCUT2D eigenvalue weighted by molar-refractivity contribution is -0.188. The Morgan fingerprint density at radius 2 is 1.86 bits per heavy atom. The zero-order valence-corrected chi connectivity index (χ0v) is 12.9. The lowest BCUT2D eigenvalue weighted by Gasteiger charge is -2.42. The van der Waals surface area contributed by atoms with Gasteiger partial charge in [0.1, 0.15) is 0 Å². The maximum atomic E-state index is 12.0. The van der Waals surface area contributed by atoms with Gasteiger partial charge in [0.05, 0.1) is 25.4 Å². The number of nitrogens with one attached hydrogen (secondary N) is 1. The van der Waals surface area contributed by atoms with Crippen LogP contribution in [0.3, 0.4) is 0 Å². The van der Waals surface area contributed by atoms with Crippen molar-refractivity contribution in [2.45, 2.75) is 37.0 Å². The summed E-state index contributed by atoms with van der Waals surface area (Å²) in [6.45, 7) is 1.91. The fraction of sp³-hybridized carbons (Fsp3) is 0.800. The van der Waals surface area contributed by atoms with Crippen LogP contribution in [0.4, 0.5) is 0 Å². The number of carbonyl (C=O) groups is 1. The summed E-state index contributed by atoms with van der Waals surface area (Å²) in [6, 6.07) is 0. The molecule has 2 rings (SSSR count). The molecule has 1 aliphatic heterocycles. The first-order valence-electron chi connectivity index (χ1n) is 7.51. The van der Waals surface area contributed by atoms with E-state index >= 15 is 0 Å². The predicted octanol–water partition coefficient (Wildman–Crippen LogP) is 0.269. The lowest BCUT2D eigenvalue weighted by Crippen LogP contribution is -2.56. The summed E-state index contributed by atoms with van der Waals surface area (Å²) in [5.41, 5.74) is -0.555. The second-order valence-corrected chi connectivity index (χ2v) is 6.20. The van der Waals surface area contributed by atoms with Gasteiger partial charge in [0, 0.05) is 25.5 Å². The van der Waals surface area contributed by atoms with Crippen molar-refractivity contribution in [2.75, 3.05) is 40.5 Å². The second kappa shape index (κ2) is 6.87. The number of hydrogen-bond acceptors (Lipinski definition) is 5. The minimum Gasteiger partial charge on any atom is -0.394 e. The molecule has 0 aromatic carbocycles. The third-order valence-corrected chi connectivity index (χ3v) is 4.21. The first-order valence-corrected chi connectivity index (χ1v) is 7.51. The van der Waals surface area contributed by atoms with Gasteiger partial charge < -0.3 is 24.8 Å². The molecule has 1 saturated carbocycles. The average molecular weight is 298 g/mol. The highest BCUT2D eigenvalue weighted by Crippen LogP contribution is 2.40. The molecule has 6 heteroatoms. The van der Waals surface area contributed by atoms with E-state index in [1.807, 2.05) is 25.1 Å². The number of ether oxygens (including phenoxy) is 2. The SMILES string of the molecule is CN(C)C/C=C/C(=O)NC1(CO)CCC2(CC1)OCCO2. The second-order valence-electron chi connectivity index (χ2n) is 6.20. The highest BCUT2D eigenvalue weighted by atomic mass is 16.7. The maximum absolute atomic E-state index is 12.0. The van der Waals surface area contributed by atoms with Gasteiger partial charge in [-0.15, -0.1) is 0 Å². The molecule has 0 aromatic rings. The standard InChI is InChI=1S/C15H26N2O4/c1-17(2)9-3-4-13(19)16-14(12-18)5-7-15(8-6-14)20-10-11-21-15/h3-4,18H,5-12H2,1-2H3,(H,16,19)/b4-3+. The molecule has 1 spiro atoms. The average Bonchev–Trinajstić information content (AvgIpc) is 2.90. The summed E-state index contributed by atoms with van der Waals surface area (Å²) in [7, 11) is 3.89. The van der Waals surface area contributed by atoms with Crippen molar-refractivity contribution in [1.29, 1.82) is 0 Å². The summed E-state index contributed by atoms with van der Waals surface area (Å²) in [5.74, 6) is -0.639. The van der Waals surface area contributed by atoms with Gasteiger partial charge >= 0.3 is 0 Å². The van der Waals surface area contributed by atoms with Crippen molar-refractivity contribution in [3.63, 3.8) is 0 Å². The molecule has 1 heterocycles. The van der Waals surface area contributed by atoms with E-state index in [2.05, 4.69) is 5.32 Å². The Balaban J connectivity index is 1.87. The van der Waals surface area contributed by atoms with E-state index in [1.165, 1.54) is 6.08 Å². The quantitative estimate of drug-likeness (QED) is 0.713. The molecule has 2 N–H and O–H groups in total. The Labute approximate surface area is 126 Å². The van der Waals surface area contributed by atoms with E-state index in [4.69, 9.17) is 9.47 Å². The molecule has 0 radical (unpaired) electrons. The van der Waals surface area contributed by atoms with Crippen LogP contribution in [-0.4, -0.2) is 67.7 Å². The highest BCUT2D eigenvalue weighted by molar-refractivity contribution is 5.88. The Hall–Kier alpha value is -0.950. The van der Waals surface area contributed by atoms with Crippen molar-refractivity contribution in [1.82, 2.24) is 10.2 Å². The molecule has 0 unspecified atom stereocenters. The third kappa shape index (κ3) is 4.26. The van der Waals surface area contributed by atoms with Gasteiger partial charge in [-0.25, -0.2) is 0 Å². The van der Waals surface area contributed by atoms with Crippen molar-refractivity contribution in [2.24, 2.45) is 0 Å². The Bertz CT molecular complexity index is 379. The minimum atomic E-state index is -0.555. The fourth-order valence-corrected chi connectivity index (χ4v) is 2.89. The monoisotopic (exact) mass is 298 g/mol. The summed E-state index contributed by atoms with van der Waals surface area (Å²) >= 11 is 0. The molecule has 0 aromatic heterocycles. The normalized spacial score (nSPS) is 24.0. The molecule has 0 bridgehead atoms. The van der Waals surface area contributed by atoms with Crippen LogP contribution >= 0.6 is 0 Å². The molecule has 1 amide bonds. The highest BCUT2D eigenvalue weighted by Gasteiger charge is 2.46. The van der Waals surface area contributed by atoms with Crippen LogP contribution in [0.25, 0.3) is 0 Å². The number of hydrogen-bond donors (Lipinski definition) is 2. The van der Waals surface area contributed by atoms with Crippen LogP contribution in [0.2, 0.25) is 0 Å². The number of carbonyl (C=O) groups excluding carboxylic acids is 1. The van der Waals surface area contributed by atoms with Gasteiger partial charge in [-0.2, -0.15) is 0 Å². The molecular weight excluding hydrogens is 272 g/mol. The number of aliphatic hydroxyl groups is 1. The van der Waals surface area contributed by atoms with Crippen LogP contribution in [0.15, 0.2) is 12.2 Å². The van der Waals surface area contributed by atoms with Gasteiger partial charge in [-0.05, 0) is 26.9 Å². The number of aliphatic hydroxyl groups excluding tert-OH is 1. The molecular formula is C15H26N2O4. The zero-order chi connectivity index (χ0) is 15.3. The van der Waals surface area contributed by atoms with Crippen molar-refractivity contribution >= 4 is 5.91 Å². The Morgan fingerprint density at radius 1 is 1.24 bits per heavy atom. The van der Waals surface area contributed by atoms with E-state index in [0.717, 1.165) is 0 Å². The summed E-state index contributed by atoms with van der Waals surface area (Å²) in [4.78, 5) is 14.0. The number of amides is 1. The Morgan fingerprint density at radius 3 is 2.38 bits per heavy atom. The van der Waals surface area contributed by atoms with Gasteiger partial charge in [0.25, 0.3) is 0 Å². The molecule has 120 valence electrons. The summed E-state index contributed by atoms with van der Waals surface area (Å²) in [5, 5.41) is 12.7. The summed E-state index contributed by atoms with van der Waals surface area (Å²) < 4.78 is 11.4. The largest absolute Gasteiger partial charge is 0.394 e. The topological polar surface area (TPSA) is 71.0 Å². The first kappa shape index (κ1) is 16.4. The molecule has 1 saturated heterocycles. The van der Waals surface area contributed by atoms with Crippen LogP contribution in [0.5, 0.6) is 0 Å². The zero-order valence-electron chi connectivity index (χ0n) is 12.9. The number of rotatable bonds is 5. The van der Waals surface area contributed by atoms with Gasteiger partial charge in [-0.1, -0.05) is 6.08 Å². The fourth-order valence-electron chi connectivity index (χ4n) is 2.89. The molecule has 2 fully saturated rings. The van der Waals surface area contributed by atoms with Crippen LogP contribution in [0, 0.1) is 0 Å². The molecule has 6 nitrogen and oxygen atoms in total. The molecule has 2 aliphatic rings. The van der Waals surface area contributed by atoms with Gasteiger partial charge in [0.2, 0.25) is 5.91 Å². The number of nitrogens with zero attached hydrogens (tertiary/aromatic N) is 1.